The molecule has 1 aromatic heterocycles. The Morgan fingerprint density at radius 2 is 2.03 bits per heavy atom. The van der Waals surface area contributed by atoms with Crippen LogP contribution in [0.5, 0.6) is 0 Å². The molecular formula is C21H21BrClN3O3. The SMILES string of the molecule is Cc1c(C#N)c(NC(=O)COC(=O)c2cc(Br)ccc2Cl)n(C2CCCC2)c1C. The van der Waals surface area contributed by atoms with E-state index in [4.69, 9.17) is 16.3 Å². The van der Waals surface area contributed by atoms with E-state index in [1.54, 1.807) is 12.1 Å². The average molecular weight is 479 g/mol. The number of nitriles is 1. The van der Waals surface area contributed by atoms with Gasteiger partial charge in [-0.25, -0.2) is 4.79 Å². The maximum absolute atomic E-state index is 12.5. The quantitative estimate of drug-likeness (QED) is 0.591. The van der Waals surface area contributed by atoms with Gasteiger partial charge in [0.2, 0.25) is 0 Å². The molecular weight excluding hydrogens is 458 g/mol. The molecule has 0 radical (unpaired) electrons. The predicted molar refractivity (Wildman–Crippen MR) is 114 cm³/mol. The van der Waals surface area contributed by atoms with Crippen molar-refractivity contribution in [1.29, 1.82) is 5.26 Å². The van der Waals surface area contributed by atoms with Crippen LogP contribution in [0.1, 0.15) is 58.9 Å². The molecule has 1 N–H and O–H groups in total. The summed E-state index contributed by atoms with van der Waals surface area (Å²) < 4.78 is 7.85. The van der Waals surface area contributed by atoms with Crippen molar-refractivity contribution in [3.63, 3.8) is 0 Å². The van der Waals surface area contributed by atoms with Crippen molar-refractivity contribution in [2.75, 3.05) is 11.9 Å². The van der Waals surface area contributed by atoms with Gasteiger partial charge in [-0.3, -0.25) is 4.79 Å². The maximum Gasteiger partial charge on any atom is 0.340 e. The van der Waals surface area contributed by atoms with Gasteiger partial charge < -0.3 is 14.6 Å². The van der Waals surface area contributed by atoms with Crippen LogP contribution in [0, 0.1) is 25.2 Å². The van der Waals surface area contributed by atoms with E-state index in [9.17, 15) is 14.9 Å². The molecule has 0 spiro atoms. The van der Waals surface area contributed by atoms with Gasteiger partial charge in [0.05, 0.1) is 16.1 Å². The molecule has 6 nitrogen and oxygen atoms in total. The Balaban J connectivity index is 1.75. The van der Waals surface area contributed by atoms with E-state index in [0.29, 0.717) is 15.9 Å². The third kappa shape index (κ3) is 4.49. The molecule has 1 fully saturated rings. The molecule has 1 heterocycles. The smallest absolute Gasteiger partial charge is 0.340 e. The number of nitrogens with one attached hydrogen (secondary N) is 1. The topological polar surface area (TPSA) is 84.1 Å². The minimum absolute atomic E-state index is 0.174. The standard InChI is InChI=1S/C21H21BrClN3O3/c1-12-13(2)26(15-5-3-4-6-15)20(17(12)10-24)25-19(27)11-29-21(28)16-9-14(22)7-8-18(16)23/h7-9,15H,3-6,11H2,1-2H3,(H,25,27). The molecule has 1 aromatic carbocycles. The number of hydrogen-bond donors (Lipinski definition) is 1. The number of hydrogen-bond acceptors (Lipinski definition) is 4. The largest absolute Gasteiger partial charge is 0.452 e. The number of ether oxygens (including phenoxy) is 1. The zero-order valence-electron chi connectivity index (χ0n) is 16.2. The summed E-state index contributed by atoms with van der Waals surface area (Å²) in [6.07, 6.45) is 4.28. The molecule has 0 atom stereocenters. The molecule has 1 aliphatic rings. The van der Waals surface area contributed by atoms with Crippen molar-refractivity contribution in [3.05, 3.63) is 50.1 Å². The Labute approximate surface area is 182 Å². The van der Waals surface area contributed by atoms with Crippen LogP contribution >= 0.6 is 27.5 Å². The molecule has 1 amide bonds. The van der Waals surface area contributed by atoms with E-state index in [2.05, 4.69) is 27.3 Å². The van der Waals surface area contributed by atoms with Crippen LogP contribution in [0.15, 0.2) is 22.7 Å². The number of esters is 1. The molecule has 1 saturated carbocycles. The van der Waals surface area contributed by atoms with Gasteiger partial charge in [-0.05, 0) is 50.5 Å². The molecule has 0 bridgehead atoms. The summed E-state index contributed by atoms with van der Waals surface area (Å²) in [6, 6.07) is 7.26. The molecule has 0 saturated heterocycles. The number of aromatic nitrogens is 1. The third-order valence-corrected chi connectivity index (χ3v) is 6.12. The summed E-state index contributed by atoms with van der Waals surface area (Å²) in [7, 11) is 0. The first-order valence-corrected chi connectivity index (χ1v) is 10.5. The van der Waals surface area contributed by atoms with Crippen molar-refractivity contribution in [2.45, 2.75) is 45.6 Å². The van der Waals surface area contributed by atoms with Gasteiger partial charge in [0.1, 0.15) is 11.9 Å². The van der Waals surface area contributed by atoms with Gasteiger partial charge in [0.15, 0.2) is 6.61 Å². The predicted octanol–water partition coefficient (Wildman–Crippen LogP) is 5.30. The summed E-state index contributed by atoms with van der Waals surface area (Å²) in [5.74, 6) is -0.709. The third-order valence-electron chi connectivity index (χ3n) is 5.30. The van der Waals surface area contributed by atoms with Crippen LogP contribution in [-0.4, -0.2) is 23.1 Å². The van der Waals surface area contributed by atoms with Crippen LogP contribution in [0.25, 0.3) is 0 Å². The van der Waals surface area contributed by atoms with Crippen LogP contribution in [0.2, 0.25) is 5.02 Å². The molecule has 29 heavy (non-hydrogen) atoms. The van der Waals surface area contributed by atoms with Crippen molar-refractivity contribution in [3.8, 4) is 6.07 Å². The molecule has 8 heteroatoms. The summed E-state index contributed by atoms with van der Waals surface area (Å²) in [4.78, 5) is 24.8. The molecule has 0 aliphatic heterocycles. The maximum atomic E-state index is 12.5. The normalized spacial score (nSPS) is 13.9. The Kier molecular flexibility index (Phi) is 6.66. The lowest BCUT2D eigenvalue weighted by atomic mass is 10.2. The van der Waals surface area contributed by atoms with E-state index in [1.165, 1.54) is 6.07 Å². The molecule has 3 rings (SSSR count). The van der Waals surface area contributed by atoms with E-state index in [1.807, 2.05) is 18.4 Å². The first-order chi connectivity index (χ1) is 13.8. The Bertz CT molecular complexity index is 1000. The fraction of sp³-hybridized carbons (Fsp3) is 0.381. The highest BCUT2D eigenvalue weighted by Crippen LogP contribution is 2.37. The van der Waals surface area contributed by atoms with E-state index in [0.717, 1.165) is 36.9 Å². The van der Waals surface area contributed by atoms with Gasteiger partial charge >= 0.3 is 5.97 Å². The molecule has 2 aromatic rings. The van der Waals surface area contributed by atoms with Gasteiger partial charge in [-0.1, -0.05) is 40.4 Å². The highest BCUT2D eigenvalue weighted by Gasteiger charge is 2.27. The van der Waals surface area contributed by atoms with E-state index < -0.39 is 18.5 Å². The number of benzene rings is 1. The number of carbonyl (C=O) groups excluding carboxylic acids is 2. The Morgan fingerprint density at radius 1 is 1.34 bits per heavy atom. The first-order valence-electron chi connectivity index (χ1n) is 9.37. The highest BCUT2D eigenvalue weighted by atomic mass is 79.9. The summed E-state index contributed by atoms with van der Waals surface area (Å²) >= 11 is 9.30. The fourth-order valence-corrected chi connectivity index (χ4v) is 4.29. The summed E-state index contributed by atoms with van der Waals surface area (Å²) in [5, 5.41) is 12.6. The molecule has 0 unspecified atom stereocenters. The van der Waals surface area contributed by atoms with Gasteiger partial charge in [-0.2, -0.15) is 5.26 Å². The lowest BCUT2D eigenvalue weighted by molar-refractivity contribution is -0.119. The van der Waals surface area contributed by atoms with E-state index >= 15 is 0 Å². The second-order valence-corrected chi connectivity index (χ2v) is 8.43. The van der Waals surface area contributed by atoms with Gasteiger partial charge in [0, 0.05) is 16.2 Å². The second kappa shape index (κ2) is 9.02. The van der Waals surface area contributed by atoms with Gasteiger partial charge in [0.25, 0.3) is 5.91 Å². The fourth-order valence-electron chi connectivity index (χ4n) is 3.74. The highest BCUT2D eigenvalue weighted by molar-refractivity contribution is 9.10. The van der Waals surface area contributed by atoms with Crippen molar-refractivity contribution < 1.29 is 14.3 Å². The zero-order chi connectivity index (χ0) is 21.1. The zero-order valence-corrected chi connectivity index (χ0v) is 18.6. The molecule has 152 valence electrons. The van der Waals surface area contributed by atoms with Crippen LogP contribution in [0.3, 0.4) is 0 Å². The number of halogens is 2. The minimum atomic E-state index is -0.689. The Hall–Kier alpha value is -2.30. The number of carbonyl (C=O) groups is 2. The van der Waals surface area contributed by atoms with Crippen LogP contribution < -0.4 is 5.32 Å². The lowest BCUT2D eigenvalue weighted by Crippen LogP contribution is -2.24. The van der Waals surface area contributed by atoms with E-state index in [-0.39, 0.29) is 16.6 Å². The van der Waals surface area contributed by atoms with Crippen LogP contribution in [0.4, 0.5) is 5.82 Å². The monoisotopic (exact) mass is 477 g/mol. The first kappa shape index (κ1) is 21.4. The Morgan fingerprint density at radius 3 is 2.69 bits per heavy atom. The number of anilines is 1. The molecule has 1 aliphatic carbocycles. The number of nitrogens with zero attached hydrogens (tertiary/aromatic N) is 2. The van der Waals surface area contributed by atoms with Gasteiger partial charge in [-0.15, -0.1) is 0 Å². The summed E-state index contributed by atoms with van der Waals surface area (Å²) in [6.45, 7) is 3.37. The number of amides is 1. The average Bonchev–Trinajstić information content (AvgIpc) is 3.29. The second-order valence-electron chi connectivity index (χ2n) is 7.10. The number of rotatable bonds is 5. The minimum Gasteiger partial charge on any atom is -0.452 e. The lowest BCUT2D eigenvalue weighted by Gasteiger charge is -2.19. The van der Waals surface area contributed by atoms with Crippen LogP contribution in [-0.2, 0) is 9.53 Å². The summed E-state index contributed by atoms with van der Waals surface area (Å²) in [5.41, 5.74) is 2.45. The van der Waals surface area contributed by atoms with Crippen molar-refractivity contribution in [1.82, 2.24) is 4.57 Å². The van der Waals surface area contributed by atoms with Crippen molar-refractivity contribution >= 4 is 45.2 Å². The van der Waals surface area contributed by atoms with Crippen molar-refractivity contribution in [2.24, 2.45) is 0 Å².